The van der Waals surface area contributed by atoms with Gasteiger partial charge in [0, 0.05) is 30.1 Å². The van der Waals surface area contributed by atoms with Crippen LogP contribution in [0.2, 0.25) is 10.0 Å². The zero-order chi connectivity index (χ0) is 30.3. The predicted octanol–water partition coefficient (Wildman–Crippen LogP) is 5.88. The zero-order valence-corrected chi connectivity index (χ0v) is 25.5. The smallest absolute Gasteiger partial charge is 0.264 e. The summed E-state index contributed by atoms with van der Waals surface area (Å²) in [5.74, 6) is -0.942. The van der Waals surface area contributed by atoms with E-state index in [0.29, 0.717) is 10.0 Å². The Kier molecular flexibility index (Phi) is 10.3. The highest BCUT2D eigenvalue weighted by Crippen LogP contribution is 2.29. The molecule has 0 heterocycles. The van der Waals surface area contributed by atoms with E-state index in [1.54, 1.807) is 61.5 Å². The molecule has 1 N–H and O–H groups in total. The van der Waals surface area contributed by atoms with Gasteiger partial charge in [-0.25, -0.2) is 8.42 Å². The van der Waals surface area contributed by atoms with Crippen LogP contribution in [0.5, 0.6) is 0 Å². The SMILES string of the molecule is CNC(=O)C(Cc1ccccc1)N(Cc1ccc(Cl)cc1)C(=O)CN(c1ccc(C)c(Cl)c1)S(=O)(=O)c1ccccc1. The lowest BCUT2D eigenvalue weighted by Gasteiger charge is -2.33. The van der Waals surface area contributed by atoms with E-state index in [9.17, 15) is 18.0 Å². The highest BCUT2D eigenvalue weighted by molar-refractivity contribution is 7.92. The molecule has 4 rings (SSSR count). The molecular weight excluding hydrogens is 593 g/mol. The third kappa shape index (κ3) is 7.50. The summed E-state index contributed by atoms with van der Waals surface area (Å²) < 4.78 is 28.9. The first-order valence-corrected chi connectivity index (χ1v) is 15.4. The Morgan fingerprint density at radius 2 is 1.45 bits per heavy atom. The summed E-state index contributed by atoms with van der Waals surface area (Å²) in [5.41, 5.74) is 2.56. The van der Waals surface area contributed by atoms with Crippen molar-refractivity contribution in [1.29, 1.82) is 0 Å². The van der Waals surface area contributed by atoms with Crippen molar-refractivity contribution in [3.05, 3.63) is 130 Å². The minimum absolute atomic E-state index is 0.0193. The van der Waals surface area contributed by atoms with Crippen LogP contribution in [-0.4, -0.2) is 44.8 Å². The Morgan fingerprint density at radius 3 is 2.05 bits per heavy atom. The molecule has 0 aliphatic rings. The molecule has 7 nitrogen and oxygen atoms in total. The average molecular weight is 625 g/mol. The summed E-state index contributed by atoms with van der Waals surface area (Å²) in [4.78, 5) is 29.0. The fourth-order valence-corrected chi connectivity index (χ4v) is 6.22. The van der Waals surface area contributed by atoms with Crippen LogP contribution in [-0.2, 0) is 32.6 Å². The second kappa shape index (κ2) is 13.9. The van der Waals surface area contributed by atoms with Crippen molar-refractivity contribution in [3.8, 4) is 0 Å². The van der Waals surface area contributed by atoms with Crippen molar-refractivity contribution in [2.45, 2.75) is 30.8 Å². The summed E-state index contributed by atoms with van der Waals surface area (Å²) in [6.07, 6.45) is 0.224. The maximum Gasteiger partial charge on any atom is 0.264 e. The van der Waals surface area contributed by atoms with E-state index in [2.05, 4.69) is 5.32 Å². The van der Waals surface area contributed by atoms with Crippen molar-refractivity contribution in [1.82, 2.24) is 10.2 Å². The van der Waals surface area contributed by atoms with Gasteiger partial charge < -0.3 is 10.2 Å². The van der Waals surface area contributed by atoms with Crippen LogP contribution < -0.4 is 9.62 Å². The molecule has 0 aliphatic heterocycles. The number of anilines is 1. The number of hydrogen-bond acceptors (Lipinski definition) is 4. The summed E-state index contributed by atoms with van der Waals surface area (Å²) in [5, 5.41) is 3.55. The largest absolute Gasteiger partial charge is 0.357 e. The number of aryl methyl sites for hydroxylation is 1. The van der Waals surface area contributed by atoms with E-state index in [1.807, 2.05) is 30.3 Å². The first-order valence-electron chi connectivity index (χ1n) is 13.2. The summed E-state index contributed by atoms with van der Waals surface area (Å²) in [6.45, 7) is 1.29. The molecule has 0 saturated heterocycles. The summed E-state index contributed by atoms with van der Waals surface area (Å²) in [6, 6.07) is 28.1. The molecule has 4 aromatic rings. The molecule has 0 spiro atoms. The molecule has 0 aromatic heterocycles. The minimum Gasteiger partial charge on any atom is -0.357 e. The van der Waals surface area contributed by atoms with Gasteiger partial charge in [-0.15, -0.1) is 0 Å². The van der Waals surface area contributed by atoms with Crippen LogP contribution in [0.3, 0.4) is 0 Å². The minimum atomic E-state index is -4.19. The van der Waals surface area contributed by atoms with Gasteiger partial charge in [0.25, 0.3) is 10.0 Å². The van der Waals surface area contributed by atoms with Gasteiger partial charge in [-0.3, -0.25) is 13.9 Å². The van der Waals surface area contributed by atoms with E-state index < -0.39 is 28.5 Å². The van der Waals surface area contributed by atoms with E-state index in [-0.39, 0.29) is 29.5 Å². The molecule has 218 valence electrons. The van der Waals surface area contributed by atoms with E-state index in [0.717, 1.165) is 21.0 Å². The molecule has 2 amide bonds. The van der Waals surface area contributed by atoms with Crippen LogP contribution in [0.15, 0.2) is 108 Å². The number of sulfonamides is 1. The number of carbonyl (C=O) groups excluding carboxylic acids is 2. The summed E-state index contributed by atoms with van der Waals surface area (Å²) in [7, 11) is -2.69. The van der Waals surface area contributed by atoms with Gasteiger partial charge in [-0.2, -0.15) is 0 Å². The van der Waals surface area contributed by atoms with Crippen molar-refractivity contribution < 1.29 is 18.0 Å². The molecule has 10 heteroatoms. The van der Waals surface area contributed by atoms with Gasteiger partial charge in [0.2, 0.25) is 11.8 Å². The number of benzene rings is 4. The normalized spacial score (nSPS) is 11.9. The second-order valence-corrected chi connectivity index (χ2v) is 12.4. The molecule has 42 heavy (non-hydrogen) atoms. The number of likely N-dealkylation sites (N-methyl/N-ethyl adjacent to an activating group) is 1. The zero-order valence-electron chi connectivity index (χ0n) is 23.2. The molecule has 0 fully saturated rings. The van der Waals surface area contributed by atoms with Crippen LogP contribution in [0, 0.1) is 6.92 Å². The number of amides is 2. The average Bonchev–Trinajstić information content (AvgIpc) is 3.00. The second-order valence-electron chi connectivity index (χ2n) is 9.73. The van der Waals surface area contributed by atoms with Gasteiger partial charge >= 0.3 is 0 Å². The van der Waals surface area contributed by atoms with E-state index in [1.165, 1.54) is 30.1 Å². The lowest BCUT2D eigenvalue weighted by Crippen LogP contribution is -2.53. The number of carbonyl (C=O) groups is 2. The molecule has 1 unspecified atom stereocenters. The summed E-state index contributed by atoms with van der Waals surface area (Å²) >= 11 is 12.5. The Labute approximate surface area is 256 Å². The Morgan fingerprint density at radius 1 is 0.833 bits per heavy atom. The molecule has 0 bridgehead atoms. The number of nitrogens with zero attached hydrogens (tertiary/aromatic N) is 2. The van der Waals surface area contributed by atoms with Crippen molar-refractivity contribution in [2.24, 2.45) is 0 Å². The van der Waals surface area contributed by atoms with Gasteiger partial charge in [-0.1, -0.05) is 89.9 Å². The third-order valence-corrected chi connectivity index (χ3v) is 9.28. The van der Waals surface area contributed by atoms with Gasteiger partial charge in [0.05, 0.1) is 10.6 Å². The molecule has 0 radical (unpaired) electrons. The molecule has 1 atom stereocenters. The molecule has 0 saturated carbocycles. The molecule has 4 aromatic carbocycles. The van der Waals surface area contributed by atoms with Crippen LogP contribution in [0.4, 0.5) is 5.69 Å². The number of halogens is 2. The van der Waals surface area contributed by atoms with Gasteiger partial charge in [-0.05, 0) is 60.0 Å². The maximum atomic E-state index is 14.3. The Balaban J connectivity index is 1.79. The third-order valence-electron chi connectivity index (χ3n) is 6.84. The number of rotatable bonds is 11. The first-order chi connectivity index (χ1) is 20.1. The monoisotopic (exact) mass is 623 g/mol. The molecule has 0 aliphatic carbocycles. The number of hydrogen-bond donors (Lipinski definition) is 1. The molecular formula is C32H31Cl2N3O4S. The Bertz CT molecular complexity index is 1630. The highest BCUT2D eigenvalue weighted by atomic mass is 35.5. The quantitative estimate of drug-likeness (QED) is 0.226. The van der Waals surface area contributed by atoms with Gasteiger partial charge in [0.1, 0.15) is 12.6 Å². The van der Waals surface area contributed by atoms with Crippen molar-refractivity contribution >= 4 is 50.7 Å². The lowest BCUT2D eigenvalue weighted by molar-refractivity contribution is -0.139. The van der Waals surface area contributed by atoms with Crippen molar-refractivity contribution in [3.63, 3.8) is 0 Å². The lowest BCUT2D eigenvalue weighted by atomic mass is 10.0. The van der Waals surface area contributed by atoms with Crippen molar-refractivity contribution in [2.75, 3.05) is 17.9 Å². The Hall–Kier alpha value is -3.85. The van der Waals surface area contributed by atoms with E-state index >= 15 is 0 Å². The first kappa shape index (κ1) is 31.1. The standard InChI is InChI=1S/C32H31Cl2N3O4S/c1-23-13-18-27(20-29(23)34)37(42(40,41)28-11-7-4-8-12-28)22-31(38)36(21-25-14-16-26(33)17-15-25)30(32(39)35-2)19-24-9-5-3-6-10-24/h3-18,20,30H,19,21-22H2,1-2H3,(H,35,39). The maximum absolute atomic E-state index is 14.3. The highest BCUT2D eigenvalue weighted by Gasteiger charge is 2.34. The van der Waals surface area contributed by atoms with Crippen LogP contribution in [0.25, 0.3) is 0 Å². The fourth-order valence-electron chi connectivity index (χ4n) is 4.49. The van der Waals surface area contributed by atoms with Gasteiger partial charge in [0.15, 0.2) is 0 Å². The fraction of sp³-hybridized carbons (Fsp3) is 0.188. The predicted molar refractivity (Wildman–Crippen MR) is 167 cm³/mol. The number of nitrogens with one attached hydrogen (secondary N) is 1. The van der Waals surface area contributed by atoms with Crippen LogP contribution >= 0.6 is 23.2 Å². The van der Waals surface area contributed by atoms with E-state index in [4.69, 9.17) is 23.2 Å². The van der Waals surface area contributed by atoms with Crippen LogP contribution in [0.1, 0.15) is 16.7 Å². The topological polar surface area (TPSA) is 86.8 Å².